The van der Waals surface area contributed by atoms with Crippen LogP contribution in [0, 0.1) is 0 Å². The molecule has 0 aliphatic heterocycles. The molecule has 50 valence electrons. The van der Waals surface area contributed by atoms with Crippen LogP contribution in [0.3, 0.4) is 0 Å². The standard InChI is InChI=1S/C7H11NO/c1-3-5-7(6-9)8-4-2/h3-5,9H,1,6H2,2H3/b7-5-,8-4?. The van der Waals surface area contributed by atoms with Gasteiger partial charge in [0.15, 0.2) is 0 Å². The van der Waals surface area contributed by atoms with E-state index in [1.807, 2.05) is 0 Å². The van der Waals surface area contributed by atoms with Gasteiger partial charge in [0.25, 0.3) is 0 Å². The van der Waals surface area contributed by atoms with E-state index in [0.717, 1.165) is 0 Å². The molecule has 0 amide bonds. The molecule has 0 unspecified atom stereocenters. The topological polar surface area (TPSA) is 32.6 Å². The Morgan fingerprint density at radius 3 is 2.78 bits per heavy atom. The third kappa shape index (κ3) is 3.67. The van der Waals surface area contributed by atoms with E-state index in [1.54, 1.807) is 25.3 Å². The second kappa shape index (κ2) is 5.25. The highest BCUT2D eigenvalue weighted by Gasteiger charge is 1.83. The molecule has 0 radical (unpaired) electrons. The van der Waals surface area contributed by atoms with Crippen molar-refractivity contribution in [2.75, 3.05) is 6.61 Å². The Bertz CT molecular complexity index is 136. The Morgan fingerprint density at radius 1 is 1.78 bits per heavy atom. The van der Waals surface area contributed by atoms with Gasteiger partial charge in [-0.15, -0.1) is 0 Å². The van der Waals surface area contributed by atoms with Crippen LogP contribution in [0.2, 0.25) is 0 Å². The van der Waals surface area contributed by atoms with Gasteiger partial charge in [-0.2, -0.15) is 0 Å². The Morgan fingerprint density at radius 2 is 2.44 bits per heavy atom. The van der Waals surface area contributed by atoms with Crippen LogP contribution in [-0.4, -0.2) is 17.9 Å². The van der Waals surface area contributed by atoms with Crippen molar-refractivity contribution in [3.63, 3.8) is 0 Å². The minimum Gasteiger partial charge on any atom is -0.390 e. The minimum atomic E-state index is -0.0314. The summed E-state index contributed by atoms with van der Waals surface area (Å²) >= 11 is 0. The lowest BCUT2D eigenvalue weighted by Crippen LogP contribution is -1.84. The molecule has 0 aromatic rings. The lowest BCUT2D eigenvalue weighted by atomic mass is 10.4. The van der Waals surface area contributed by atoms with Gasteiger partial charge in [0.2, 0.25) is 0 Å². The molecule has 0 aromatic heterocycles. The van der Waals surface area contributed by atoms with E-state index in [4.69, 9.17) is 5.11 Å². The van der Waals surface area contributed by atoms with E-state index in [-0.39, 0.29) is 6.61 Å². The maximum Gasteiger partial charge on any atom is 0.0852 e. The molecule has 0 saturated carbocycles. The van der Waals surface area contributed by atoms with E-state index >= 15 is 0 Å². The molecule has 0 spiro atoms. The van der Waals surface area contributed by atoms with E-state index < -0.39 is 0 Å². The Hall–Kier alpha value is -0.890. The van der Waals surface area contributed by atoms with Crippen molar-refractivity contribution in [3.05, 3.63) is 24.4 Å². The molecular formula is C7H11NO. The summed E-state index contributed by atoms with van der Waals surface area (Å²) in [6.07, 6.45) is 4.89. The van der Waals surface area contributed by atoms with Gasteiger partial charge in [-0.1, -0.05) is 12.7 Å². The van der Waals surface area contributed by atoms with Gasteiger partial charge in [0.05, 0.1) is 12.3 Å². The molecule has 0 rings (SSSR count). The molecule has 0 aliphatic rings. The first kappa shape index (κ1) is 8.11. The Balaban J connectivity index is 3.96. The quantitative estimate of drug-likeness (QED) is 0.445. The van der Waals surface area contributed by atoms with Crippen molar-refractivity contribution < 1.29 is 5.11 Å². The molecule has 0 fully saturated rings. The summed E-state index contributed by atoms with van der Waals surface area (Å²) in [6.45, 7) is 5.24. The summed E-state index contributed by atoms with van der Waals surface area (Å²) in [5.74, 6) is 0. The zero-order chi connectivity index (χ0) is 7.11. The van der Waals surface area contributed by atoms with Crippen LogP contribution >= 0.6 is 0 Å². The second-order valence-electron chi connectivity index (χ2n) is 1.44. The number of hydrogen-bond donors (Lipinski definition) is 1. The van der Waals surface area contributed by atoms with Crippen LogP contribution < -0.4 is 0 Å². The number of hydrogen-bond acceptors (Lipinski definition) is 2. The second-order valence-corrected chi connectivity index (χ2v) is 1.44. The molecule has 0 aliphatic carbocycles. The van der Waals surface area contributed by atoms with Crippen LogP contribution in [0.1, 0.15) is 6.92 Å². The van der Waals surface area contributed by atoms with E-state index in [2.05, 4.69) is 11.6 Å². The van der Waals surface area contributed by atoms with Gasteiger partial charge in [-0.25, -0.2) is 0 Å². The molecule has 1 N–H and O–H groups in total. The normalized spacial score (nSPS) is 12.4. The number of rotatable bonds is 3. The molecule has 0 saturated heterocycles. The predicted molar refractivity (Wildman–Crippen MR) is 39.5 cm³/mol. The first-order chi connectivity index (χ1) is 4.35. The zero-order valence-electron chi connectivity index (χ0n) is 5.54. The first-order valence-corrected chi connectivity index (χ1v) is 2.76. The van der Waals surface area contributed by atoms with E-state index in [1.165, 1.54) is 0 Å². The fourth-order valence-corrected chi connectivity index (χ4v) is 0.438. The highest BCUT2D eigenvalue weighted by Crippen LogP contribution is 1.92. The number of aliphatic hydroxyl groups is 1. The van der Waals surface area contributed by atoms with Crippen molar-refractivity contribution in [2.45, 2.75) is 6.92 Å². The SMILES string of the molecule is C=C/C=C(/CO)N=CC. The third-order valence-corrected chi connectivity index (χ3v) is 0.767. The molecule has 0 bridgehead atoms. The smallest absolute Gasteiger partial charge is 0.0852 e. The monoisotopic (exact) mass is 125 g/mol. The Kier molecular flexibility index (Phi) is 4.73. The fraction of sp³-hybridized carbons (Fsp3) is 0.286. The highest BCUT2D eigenvalue weighted by molar-refractivity contribution is 5.55. The van der Waals surface area contributed by atoms with Crippen molar-refractivity contribution >= 4 is 6.21 Å². The van der Waals surface area contributed by atoms with Crippen molar-refractivity contribution in [2.24, 2.45) is 4.99 Å². The van der Waals surface area contributed by atoms with Crippen molar-refractivity contribution in [1.82, 2.24) is 0 Å². The summed E-state index contributed by atoms with van der Waals surface area (Å²) in [5, 5.41) is 8.56. The molecule has 0 heterocycles. The molecule has 0 aromatic carbocycles. The largest absolute Gasteiger partial charge is 0.390 e. The summed E-state index contributed by atoms with van der Waals surface area (Å²) in [7, 11) is 0. The van der Waals surface area contributed by atoms with Crippen LogP contribution in [0.15, 0.2) is 29.4 Å². The van der Waals surface area contributed by atoms with Crippen LogP contribution in [0.25, 0.3) is 0 Å². The van der Waals surface area contributed by atoms with Crippen molar-refractivity contribution in [3.8, 4) is 0 Å². The number of nitrogens with zero attached hydrogens (tertiary/aromatic N) is 1. The molecule has 2 heteroatoms. The molecule has 0 atom stereocenters. The number of aliphatic hydroxyl groups excluding tert-OH is 1. The summed E-state index contributed by atoms with van der Waals surface area (Å²) in [4.78, 5) is 3.85. The molecule has 9 heavy (non-hydrogen) atoms. The zero-order valence-corrected chi connectivity index (χ0v) is 5.54. The lowest BCUT2D eigenvalue weighted by molar-refractivity contribution is 0.330. The lowest BCUT2D eigenvalue weighted by Gasteiger charge is -1.90. The number of aliphatic imine (C=N–C) groups is 1. The number of allylic oxidation sites excluding steroid dienone is 2. The van der Waals surface area contributed by atoms with Crippen molar-refractivity contribution in [1.29, 1.82) is 0 Å². The minimum absolute atomic E-state index is 0.0314. The summed E-state index contributed by atoms with van der Waals surface area (Å²) < 4.78 is 0. The summed E-state index contributed by atoms with van der Waals surface area (Å²) in [5.41, 5.74) is 0.632. The van der Waals surface area contributed by atoms with Gasteiger partial charge in [-0.05, 0) is 13.0 Å². The van der Waals surface area contributed by atoms with E-state index in [9.17, 15) is 0 Å². The van der Waals surface area contributed by atoms with Gasteiger partial charge >= 0.3 is 0 Å². The first-order valence-electron chi connectivity index (χ1n) is 2.76. The Labute approximate surface area is 55.2 Å². The third-order valence-electron chi connectivity index (χ3n) is 0.767. The average molecular weight is 125 g/mol. The van der Waals surface area contributed by atoms with Crippen LogP contribution in [0.5, 0.6) is 0 Å². The highest BCUT2D eigenvalue weighted by atomic mass is 16.3. The van der Waals surface area contributed by atoms with E-state index in [0.29, 0.717) is 5.70 Å². The molecular weight excluding hydrogens is 114 g/mol. The maximum absolute atomic E-state index is 8.56. The summed E-state index contributed by atoms with van der Waals surface area (Å²) in [6, 6.07) is 0. The maximum atomic E-state index is 8.56. The van der Waals surface area contributed by atoms with Crippen LogP contribution in [0.4, 0.5) is 0 Å². The average Bonchev–Trinajstić information content (AvgIpc) is 1.88. The van der Waals surface area contributed by atoms with Crippen LogP contribution in [-0.2, 0) is 0 Å². The fourth-order valence-electron chi connectivity index (χ4n) is 0.438. The molecule has 2 nitrogen and oxygen atoms in total. The predicted octanol–water partition coefficient (Wildman–Crippen LogP) is 1.14. The van der Waals surface area contributed by atoms with Gasteiger partial charge in [-0.3, -0.25) is 4.99 Å². The van der Waals surface area contributed by atoms with Gasteiger partial charge in [0.1, 0.15) is 0 Å². The van der Waals surface area contributed by atoms with Gasteiger partial charge in [0, 0.05) is 6.21 Å². The van der Waals surface area contributed by atoms with Gasteiger partial charge < -0.3 is 5.11 Å².